The van der Waals surface area contributed by atoms with Gasteiger partial charge in [0.05, 0.1) is 23.4 Å². The van der Waals surface area contributed by atoms with Gasteiger partial charge in [-0.3, -0.25) is 5.32 Å². The maximum atomic E-state index is 5.63. The second kappa shape index (κ2) is 17.0. The molecule has 5 heteroatoms. The summed E-state index contributed by atoms with van der Waals surface area (Å²) in [5.74, 6) is 1.80. The summed E-state index contributed by atoms with van der Waals surface area (Å²) in [4.78, 5) is 8.22. The number of fused-ring (bicyclic) bond motifs is 8. The molecule has 0 amide bonds. The molecule has 5 nitrogen and oxygen atoms in total. The third-order valence-corrected chi connectivity index (χ3v) is 16.0. The number of nitrogens with zero attached hydrogens (tertiary/aromatic N) is 3. The quantitative estimate of drug-likeness (QED) is 0.167. The number of hydrogen-bond donors (Lipinski definition) is 2. The Morgan fingerprint density at radius 1 is 0.614 bits per heavy atom. The first-order valence-corrected chi connectivity index (χ1v) is 25.5. The van der Waals surface area contributed by atoms with Crippen molar-refractivity contribution in [1.82, 2.24) is 15.2 Å². The first-order chi connectivity index (χ1) is 34.7. The van der Waals surface area contributed by atoms with E-state index >= 15 is 0 Å². The van der Waals surface area contributed by atoms with Gasteiger partial charge in [-0.25, -0.2) is 4.99 Å². The third kappa shape index (κ3) is 6.89. The van der Waals surface area contributed by atoms with Crippen LogP contribution in [0.3, 0.4) is 0 Å². The lowest BCUT2D eigenvalue weighted by atomic mass is 9.84. The van der Waals surface area contributed by atoms with Gasteiger partial charge in [-0.2, -0.15) is 0 Å². The lowest BCUT2D eigenvalue weighted by molar-refractivity contribution is 0.341. The highest BCUT2D eigenvalue weighted by Crippen LogP contribution is 2.50. The summed E-state index contributed by atoms with van der Waals surface area (Å²) in [6.45, 7) is 0. The fraction of sp³-hybridized carbons (Fsp3) is 0.185. The van der Waals surface area contributed by atoms with Crippen molar-refractivity contribution in [2.24, 2.45) is 10.9 Å². The topological polar surface area (TPSA) is 44.6 Å². The number of hydrogen-bond acceptors (Lipinski definition) is 4. The van der Waals surface area contributed by atoms with Crippen LogP contribution in [-0.4, -0.2) is 28.8 Å². The molecule has 70 heavy (non-hydrogen) atoms. The molecule has 0 bridgehead atoms. The Morgan fingerprint density at radius 2 is 1.46 bits per heavy atom. The zero-order valence-electron chi connectivity index (χ0n) is 39.3. The summed E-state index contributed by atoms with van der Waals surface area (Å²) < 4.78 is 2.60. The molecule has 0 spiro atoms. The smallest absolute Gasteiger partial charge is 0.132 e. The number of benzene rings is 6. The molecule has 6 atom stereocenters. The lowest BCUT2D eigenvalue weighted by Crippen LogP contribution is -2.58. The Morgan fingerprint density at radius 3 is 2.39 bits per heavy atom. The molecule has 2 N–H and O–H groups in total. The molecule has 1 aromatic heterocycles. The van der Waals surface area contributed by atoms with Crippen molar-refractivity contribution in [1.29, 1.82) is 0 Å². The van der Waals surface area contributed by atoms with Gasteiger partial charge < -0.3 is 14.8 Å². The lowest BCUT2D eigenvalue weighted by Gasteiger charge is -2.38. The van der Waals surface area contributed by atoms with Gasteiger partial charge in [-0.15, -0.1) is 0 Å². The van der Waals surface area contributed by atoms with E-state index in [4.69, 9.17) is 4.99 Å². The summed E-state index contributed by atoms with van der Waals surface area (Å²) in [5.41, 5.74) is 15.7. The van der Waals surface area contributed by atoms with Crippen LogP contribution in [0.1, 0.15) is 71.9 Å². The van der Waals surface area contributed by atoms with Crippen LogP contribution in [0.5, 0.6) is 0 Å². The van der Waals surface area contributed by atoms with E-state index < -0.39 is 0 Å². The van der Waals surface area contributed by atoms with Crippen molar-refractivity contribution in [2.75, 3.05) is 4.90 Å². The van der Waals surface area contributed by atoms with E-state index in [0.29, 0.717) is 11.8 Å². The Hall–Kier alpha value is -7.73. The average molecular weight is 906 g/mol. The van der Waals surface area contributed by atoms with E-state index in [1.54, 1.807) is 0 Å². The van der Waals surface area contributed by atoms with E-state index in [-0.39, 0.29) is 24.3 Å². The second-order valence-corrected chi connectivity index (χ2v) is 20.0. The maximum absolute atomic E-state index is 5.63. The van der Waals surface area contributed by atoms with E-state index in [0.717, 1.165) is 49.9 Å². The fourth-order valence-electron chi connectivity index (χ4n) is 12.7. The van der Waals surface area contributed by atoms with Crippen LogP contribution in [0.15, 0.2) is 228 Å². The Bertz CT molecular complexity index is 3600. The Kier molecular flexibility index (Phi) is 10.0. The molecule has 0 radical (unpaired) electrons. The van der Waals surface area contributed by atoms with Gasteiger partial charge in [0.25, 0.3) is 0 Å². The molecule has 0 saturated carbocycles. The minimum absolute atomic E-state index is 0.0327. The summed E-state index contributed by atoms with van der Waals surface area (Å²) in [7, 11) is 0. The molecule has 2 aliphatic heterocycles. The zero-order valence-corrected chi connectivity index (χ0v) is 39.3. The van der Waals surface area contributed by atoms with Crippen molar-refractivity contribution < 1.29 is 0 Å². The minimum atomic E-state index is -0.213. The number of amidine groups is 1. The number of aromatic nitrogens is 1. The minimum Gasteiger partial charge on any atom is -0.354 e. The zero-order chi connectivity index (χ0) is 46.1. The van der Waals surface area contributed by atoms with E-state index in [2.05, 4.69) is 233 Å². The predicted octanol–water partition coefficient (Wildman–Crippen LogP) is 14.7. The van der Waals surface area contributed by atoms with Gasteiger partial charge in [-0.05, 0) is 114 Å². The number of anilines is 2. The Balaban J connectivity index is 0.903. The summed E-state index contributed by atoms with van der Waals surface area (Å²) in [5, 5.41) is 14.3. The highest BCUT2D eigenvalue weighted by atomic mass is 15.3. The van der Waals surface area contributed by atoms with Crippen LogP contribution < -0.4 is 15.5 Å². The molecule has 0 saturated heterocycles. The third-order valence-electron chi connectivity index (χ3n) is 16.0. The van der Waals surface area contributed by atoms with Crippen molar-refractivity contribution in [2.45, 2.75) is 68.7 Å². The maximum Gasteiger partial charge on any atom is 0.132 e. The van der Waals surface area contributed by atoms with Crippen molar-refractivity contribution in [3.8, 4) is 5.69 Å². The molecule has 3 heterocycles. The first kappa shape index (κ1) is 41.3. The van der Waals surface area contributed by atoms with Crippen LogP contribution in [0.25, 0.3) is 44.2 Å². The molecule has 6 unspecified atom stereocenters. The van der Waals surface area contributed by atoms with E-state index in [9.17, 15) is 0 Å². The van der Waals surface area contributed by atoms with Crippen molar-refractivity contribution in [3.63, 3.8) is 0 Å². The molecule has 340 valence electrons. The standard InChI is InChI=1S/C65H55N5/c1-3-18-42(19-4-1)44-22-15-25-47(38-44)63-66-64(48-26-16-23-45(39-48)43-20-5-2-6-21-43)68-65(67-63)54-36-37-61(50-28-8-7-27-49(50)54)70-59-34-14-11-31-53(59)56-40-46-24-17-35-60(55(46)41-62(56)70)69-57-32-12-9-29-51(57)52-30-10-13-33-58(52)69/h1-5,7-13,15-20,23-33,35-38,40-41,44,48,51,57,63-64,66H,6,14,21-22,34,39H2,(H,67,68). The summed E-state index contributed by atoms with van der Waals surface area (Å²) >= 11 is 0. The highest BCUT2D eigenvalue weighted by molar-refractivity contribution is 6.13. The van der Waals surface area contributed by atoms with E-state index in [1.807, 2.05) is 0 Å². The molecule has 5 aliphatic carbocycles. The van der Waals surface area contributed by atoms with Crippen molar-refractivity contribution >= 4 is 55.7 Å². The number of nitrogens with one attached hydrogen (secondary N) is 2. The summed E-state index contributed by atoms with van der Waals surface area (Å²) in [6, 6.07) is 45.7. The van der Waals surface area contributed by atoms with E-state index in [1.165, 1.54) is 88.6 Å². The summed E-state index contributed by atoms with van der Waals surface area (Å²) in [6.07, 6.45) is 40.7. The van der Waals surface area contributed by atoms with Crippen LogP contribution in [0.2, 0.25) is 0 Å². The monoisotopic (exact) mass is 905 g/mol. The molecule has 7 aliphatic rings. The molecule has 7 aromatic rings. The fourth-order valence-corrected chi connectivity index (χ4v) is 12.7. The number of aliphatic imine (C=N–C) groups is 1. The normalized spacial score (nSPS) is 24.3. The van der Waals surface area contributed by atoms with Crippen LogP contribution in [0, 0.1) is 5.92 Å². The number of allylic oxidation sites excluding steroid dienone is 12. The van der Waals surface area contributed by atoms with Crippen molar-refractivity contribution in [3.05, 3.63) is 251 Å². The number of rotatable bonds is 7. The van der Waals surface area contributed by atoms with Crippen LogP contribution in [0.4, 0.5) is 11.4 Å². The van der Waals surface area contributed by atoms with Gasteiger partial charge in [0.2, 0.25) is 0 Å². The molecular formula is C65H55N5. The molecule has 14 rings (SSSR count). The Labute approximate surface area is 410 Å². The largest absolute Gasteiger partial charge is 0.354 e. The molecular weight excluding hydrogens is 851 g/mol. The van der Waals surface area contributed by atoms with Gasteiger partial charge >= 0.3 is 0 Å². The molecule has 6 aromatic carbocycles. The average Bonchev–Trinajstić information content (AvgIpc) is 3.94. The predicted molar refractivity (Wildman–Crippen MR) is 292 cm³/mol. The van der Waals surface area contributed by atoms with Gasteiger partial charge in [0.1, 0.15) is 12.0 Å². The van der Waals surface area contributed by atoms with Crippen LogP contribution >= 0.6 is 0 Å². The van der Waals surface area contributed by atoms with Gasteiger partial charge in [-0.1, -0.05) is 176 Å². The van der Waals surface area contributed by atoms with Crippen LogP contribution in [-0.2, 0) is 6.42 Å². The van der Waals surface area contributed by atoms with Gasteiger partial charge in [0, 0.05) is 62.1 Å². The number of para-hydroxylation sites is 1. The first-order valence-electron chi connectivity index (χ1n) is 25.5. The highest BCUT2D eigenvalue weighted by Gasteiger charge is 2.38. The second-order valence-electron chi connectivity index (χ2n) is 20.0. The molecule has 0 fully saturated rings. The van der Waals surface area contributed by atoms with Gasteiger partial charge in [0.15, 0.2) is 0 Å². The SMILES string of the molecule is C1=CCCC(C2=CC=CC(C3NC(c4ccc(-n5c6c(c7cc8cccc(N9c%10ccccc%10C%10C=CC=CC%109)c8cc75)C=CCC6)c5ccccc45)=NC(C4=CC(c5ccccc5)CC=C4)N3)C2)=C1.